The van der Waals surface area contributed by atoms with Crippen molar-refractivity contribution in [1.29, 1.82) is 0 Å². The molecule has 0 saturated carbocycles. The second kappa shape index (κ2) is 6.59. The Morgan fingerprint density at radius 1 is 1.22 bits per heavy atom. The Bertz CT molecular complexity index is 833. The summed E-state index contributed by atoms with van der Waals surface area (Å²) >= 11 is 3.03. The lowest BCUT2D eigenvalue weighted by Gasteiger charge is -2.01. The van der Waals surface area contributed by atoms with Gasteiger partial charge in [-0.3, -0.25) is 4.79 Å². The third-order valence-corrected chi connectivity index (χ3v) is 4.89. The van der Waals surface area contributed by atoms with Crippen LogP contribution < -0.4 is 5.32 Å². The average Bonchev–Trinajstić information content (AvgIpc) is 3.19. The number of thiazole rings is 2. The number of carbonyl (C=O) groups is 1. The van der Waals surface area contributed by atoms with Gasteiger partial charge in [0, 0.05) is 29.4 Å². The van der Waals surface area contributed by atoms with Crippen molar-refractivity contribution < 1.29 is 4.79 Å². The number of aryl methyl sites for hydroxylation is 3. The lowest BCUT2D eigenvalue weighted by atomic mass is 10.3. The van der Waals surface area contributed by atoms with Crippen molar-refractivity contribution in [3.63, 3.8) is 0 Å². The standard InChI is InChI=1S/C15H17N5OS2/c1-9-6-10(2)20(19-9)15-18-12(7-23-15)4-5-16-14(21)13-8-22-11(3)17-13/h6-8H,4-5H2,1-3H3,(H,16,21). The minimum atomic E-state index is -0.136. The van der Waals surface area contributed by atoms with Gasteiger partial charge >= 0.3 is 0 Å². The normalized spacial score (nSPS) is 10.9. The number of hydrogen-bond acceptors (Lipinski definition) is 6. The molecule has 3 heterocycles. The van der Waals surface area contributed by atoms with Crippen LogP contribution in [-0.4, -0.2) is 32.2 Å². The Kier molecular flexibility index (Phi) is 4.53. The highest BCUT2D eigenvalue weighted by molar-refractivity contribution is 7.12. The van der Waals surface area contributed by atoms with Gasteiger partial charge in [-0.2, -0.15) is 5.10 Å². The number of rotatable bonds is 5. The highest BCUT2D eigenvalue weighted by Gasteiger charge is 2.11. The molecule has 1 N–H and O–H groups in total. The van der Waals surface area contributed by atoms with Gasteiger partial charge in [0.1, 0.15) is 5.69 Å². The Balaban J connectivity index is 1.57. The highest BCUT2D eigenvalue weighted by atomic mass is 32.1. The Labute approximate surface area is 142 Å². The van der Waals surface area contributed by atoms with E-state index in [1.54, 1.807) is 16.7 Å². The zero-order valence-electron chi connectivity index (χ0n) is 13.2. The first-order valence-corrected chi connectivity index (χ1v) is 8.97. The molecule has 0 bridgehead atoms. The van der Waals surface area contributed by atoms with Gasteiger partial charge in [-0.25, -0.2) is 14.6 Å². The van der Waals surface area contributed by atoms with Gasteiger partial charge in [0.15, 0.2) is 0 Å². The van der Waals surface area contributed by atoms with Crippen LogP contribution in [0.2, 0.25) is 0 Å². The van der Waals surface area contributed by atoms with Crippen LogP contribution in [0.3, 0.4) is 0 Å². The number of hydrogen-bond donors (Lipinski definition) is 1. The van der Waals surface area contributed by atoms with Crippen molar-refractivity contribution in [2.75, 3.05) is 6.54 Å². The number of nitrogens with zero attached hydrogens (tertiary/aromatic N) is 4. The summed E-state index contributed by atoms with van der Waals surface area (Å²) in [6.45, 7) is 6.40. The maximum atomic E-state index is 11.9. The van der Waals surface area contributed by atoms with Gasteiger partial charge in [-0.1, -0.05) is 0 Å². The number of amides is 1. The summed E-state index contributed by atoms with van der Waals surface area (Å²) < 4.78 is 1.85. The summed E-state index contributed by atoms with van der Waals surface area (Å²) in [5.41, 5.74) is 3.47. The molecule has 120 valence electrons. The summed E-state index contributed by atoms with van der Waals surface area (Å²) in [5.74, 6) is -0.136. The Morgan fingerprint density at radius 2 is 2.04 bits per heavy atom. The lowest BCUT2D eigenvalue weighted by molar-refractivity contribution is 0.0949. The first-order valence-electron chi connectivity index (χ1n) is 7.21. The van der Waals surface area contributed by atoms with Gasteiger partial charge in [0.25, 0.3) is 5.91 Å². The molecule has 0 aliphatic rings. The van der Waals surface area contributed by atoms with Gasteiger partial charge in [0.05, 0.1) is 16.4 Å². The molecule has 8 heteroatoms. The summed E-state index contributed by atoms with van der Waals surface area (Å²) in [7, 11) is 0. The fourth-order valence-corrected chi connectivity index (χ4v) is 3.65. The van der Waals surface area contributed by atoms with Gasteiger partial charge in [-0.15, -0.1) is 22.7 Å². The SMILES string of the molecule is Cc1cc(C)n(-c2nc(CCNC(=O)c3csc(C)n3)cs2)n1. The first-order chi connectivity index (χ1) is 11.0. The van der Waals surface area contributed by atoms with E-state index < -0.39 is 0 Å². The second-order valence-corrected chi connectivity index (χ2v) is 7.12. The zero-order chi connectivity index (χ0) is 16.4. The largest absolute Gasteiger partial charge is 0.350 e. The molecule has 0 saturated heterocycles. The molecule has 3 aromatic heterocycles. The molecule has 0 aromatic carbocycles. The third-order valence-electron chi connectivity index (χ3n) is 3.25. The van der Waals surface area contributed by atoms with E-state index in [-0.39, 0.29) is 5.91 Å². The predicted molar refractivity (Wildman–Crippen MR) is 91.6 cm³/mol. The van der Waals surface area contributed by atoms with Crippen molar-refractivity contribution in [3.05, 3.63) is 44.6 Å². The monoisotopic (exact) mass is 347 g/mol. The fourth-order valence-electron chi connectivity index (χ4n) is 2.19. The second-order valence-electron chi connectivity index (χ2n) is 5.22. The molecule has 1 amide bonds. The van der Waals surface area contributed by atoms with E-state index in [0.717, 1.165) is 27.2 Å². The third kappa shape index (κ3) is 3.65. The van der Waals surface area contributed by atoms with Crippen LogP contribution in [0.15, 0.2) is 16.8 Å². The van der Waals surface area contributed by atoms with E-state index in [9.17, 15) is 4.79 Å². The van der Waals surface area contributed by atoms with E-state index in [0.29, 0.717) is 18.7 Å². The molecule has 23 heavy (non-hydrogen) atoms. The highest BCUT2D eigenvalue weighted by Crippen LogP contribution is 2.17. The number of carbonyl (C=O) groups excluding carboxylic acids is 1. The molecule has 3 rings (SSSR count). The quantitative estimate of drug-likeness (QED) is 0.770. The van der Waals surface area contributed by atoms with Crippen LogP contribution in [-0.2, 0) is 6.42 Å². The summed E-state index contributed by atoms with van der Waals surface area (Å²) in [6, 6.07) is 2.02. The topological polar surface area (TPSA) is 72.7 Å². The molecule has 0 aliphatic carbocycles. The smallest absolute Gasteiger partial charge is 0.270 e. The maximum Gasteiger partial charge on any atom is 0.270 e. The average molecular weight is 347 g/mol. The minimum Gasteiger partial charge on any atom is -0.350 e. The van der Waals surface area contributed by atoms with Crippen LogP contribution in [0.5, 0.6) is 0 Å². The molecule has 0 aliphatic heterocycles. The molecular formula is C15H17N5OS2. The Morgan fingerprint density at radius 3 is 2.70 bits per heavy atom. The molecule has 0 unspecified atom stereocenters. The van der Waals surface area contributed by atoms with Crippen LogP contribution in [0.1, 0.15) is 32.6 Å². The number of nitrogens with one attached hydrogen (secondary N) is 1. The maximum absolute atomic E-state index is 11.9. The van der Waals surface area contributed by atoms with Crippen LogP contribution in [0, 0.1) is 20.8 Å². The van der Waals surface area contributed by atoms with E-state index >= 15 is 0 Å². The molecular weight excluding hydrogens is 330 g/mol. The molecule has 6 nitrogen and oxygen atoms in total. The van der Waals surface area contributed by atoms with E-state index in [1.165, 1.54) is 11.3 Å². The van der Waals surface area contributed by atoms with Crippen molar-refractivity contribution in [1.82, 2.24) is 25.1 Å². The van der Waals surface area contributed by atoms with Gasteiger partial charge < -0.3 is 5.32 Å². The molecule has 0 fully saturated rings. The van der Waals surface area contributed by atoms with Gasteiger partial charge in [0.2, 0.25) is 5.13 Å². The van der Waals surface area contributed by atoms with Gasteiger partial charge in [-0.05, 0) is 26.8 Å². The van der Waals surface area contributed by atoms with E-state index in [1.807, 2.05) is 36.9 Å². The summed E-state index contributed by atoms with van der Waals surface area (Å²) in [4.78, 5) is 20.7. The molecule has 0 atom stereocenters. The van der Waals surface area contributed by atoms with E-state index in [4.69, 9.17) is 0 Å². The fraction of sp³-hybridized carbons (Fsp3) is 0.333. The van der Waals surface area contributed by atoms with Crippen molar-refractivity contribution >= 4 is 28.6 Å². The number of aromatic nitrogens is 4. The molecule has 0 spiro atoms. The molecule has 3 aromatic rings. The lowest BCUT2D eigenvalue weighted by Crippen LogP contribution is -2.26. The summed E-state index contributed by atoms with van der Waals surface area (Å²) in [5, 5.41) is 12.8. The predicted octanol–water partition coefficient (Wildman–Crippen LogP) is 2.68. The van der Waals surface area contributed by atoms with Crippen molar-refractivity contribution in [3.8, 4) is 5.13 Å². The van der Waals surface area contributed by atoms with Crippen molar-refractivity contribution in [2.24, 2.45) is 0 Å². The van der Waals surface area contributed by atoms with Crippen molar-refractivity contribution in [2.45, 2.75) is 27.2 Å². The van der Waals surface area contributed by atoms with Crippen LogP contribution in [0.4, 0.5) is 0 Å². The van der Waals surface area contributed by atoms with Crippen LogP contribution >= 0.6 is 22.7 Å². The minimum absolute atomic E-state index is 0.136. The van der Waals surface area contributed by atoms with E-state index in [2.05, 4.69) is 20.4 Å². The van der Waals surface area contributed by atoms with Crippen LogP contribution in [0.25, 0.3) is 5.13 Å². The molecule has 0 radical (unpaired) electrons. The Hall–Kier alpha value is -2.06. The zero-order valence-corrected chi connectivity index (χ0v) is 14.8. The summed E-state index contributed by atoms with van der Waals surface area (Å²) in [6.07, 6.45) is 0.685. The first kappa shape index (κ1) is 15.8.